The SMILES string of the molecule is CC(OCC(COC(=O)C(C)O)(COC(C)OC(=O)C(C)O)COC(C)OC(=O)C(C)O)OC(=O)C(C)O. The lowest BCUT2D eigenvalue weighted by molar-refractivity contribution is -0.225. The molecule has 0 radical (unpaired) electrons. The van der Waals surface area contributed by atoms with Crippen LogP contribution in [0.25, 0.3) is 0 Å². The van der Waals surface area contributed by atoms with Crippen LogP contribution in [0.2, 0.25) is 0 Å². The van der Waals surface area contributed by atoms with Crippen molar-refractivity contribution >= 4 is 23.9 Å². The molecule has 222 valence electrons. The van der Waals surface area contributed by atoms with Gasteiger partial charge in [-0.2, -0.15) is 0 Å². The fraction of sp³-hybridized carbons (Fsp3) is 0.826. The maximum atomic E-state index is 12.0. The van der Waals surface area contributed by atoms with Gasteiger partial charge >= 0.3 is 23.9 Å². The summed E-state index contributed by atoms with van der Waals surface area (Å²) in [4.78, 5) is 47.0. The Kier molecular flexibility index (Phi) is 16.2. The minimum atomic E-state index is -1.47. The average molecular weight is 557 g/mol. The molecule has 38 heavy (non-hydrogen) atoms. The summed E-state index contributed by atoms with van der Waals surface area (Å²) in [6, 6.07) is 0. The first-order valence-corrected chi connectivity index (χ1v) is 11.8. The molecule has 15 heteroatoms. The molecule has 4 N–H and O–H groups in total. The van der Waals surface area contributed by atoms with E-state index in [-0.39, 0.29) is 19.8 Å². The van der Waals surface area contributed by atoms with Crippen LogP contribution in [0, 0.1) is 5.41 Å². The molecule has 7 atom stereocenters. The summed E-state index contributed by atoms with van der Waals surface area (Å²) in [5.74, 6) is -3.89. The van der Waals surface area contributed by atoms with Crippen LogP contribution in [0.3, 0.4) is 0 Å². The molecular formula is C23H40O15. The van der Waals surface area contributed by atoms with Crippen LogP contribution >= 0.6 is 0 Å². The van der Waals surface area contributed by atoms with Gasteiger partial charge in [0.25, 0.3) is 0 Å². The second kappa shape index (κ2) is 17.2. The Labute approximate surface area is 220 Å². The van der Waals surface area contributed by atoms with Crippen molar-refractivity contribution in [3.63, 3.8) is 0 Å². The maximum Gasteiger partial charge on any atom is 0.336 e. The van der Waals surface area contributed by atoms with Crippen LogP contribution in [-0.2, 0) is 52.3 Å². The van der Waals surface area contributed by atoms with Crippen LogP contribution in [0.1, 0.15) is 48.5 Å². The molecule has 0 aromatic heterocycles. The van der Waals surface area contributed by atoms with Gasteiger partial charge in [-0.3, -0.25) is 0 Å². The normalized spacial score (nSPS) is 18.5. The first-order valence-electron chi connectivity index (χ1n) is 11.8. The van der Waals surface area contributed by atoms with E-state index in [0.717, 1.165) is 0 Å². The van der Waals surface area contributed by atoms with Crippen LogP contribution in [0.5, 0.6) is 0 Å². The molecule has 0 aromatic carbocycles. The third-order valence-electron chi connectivity index (χ3n) is 4.60. The van der Waals surface area contributed by atoms with Crippen LogP contribution in [-0.4, -0.2) is 114 Å². The fourth-order valence-electron chi connectivity index (χ4n) is 2.37. The van der Waals surface area contributed by atoms with Gasteiger partial charge in [-0.05, 0) is 48.5 Å². The van der Waals surface area contributed by atoms with Crippen LogP contribution in [0.4, 0.5) is 0 Å². The highest BCUT2D eigenvalue weighted by Crippen LogP contribution is 2.24. The van der Waals surface area contributed by atoms with Crippen LogP contribution in [0.15, 0.2) is 0 Å². The summed E-state index contributed by atoms with van der Waals surface area (Å²) in [6.45, 7) is 7.18. The summed E-state index contributed by atoms with van der Waals surface area (Å²) in [5, 5.41) is 37.5. The van der Waals surface area contributed by atoms with E-state index in [0.29, 0.717) is 0 Å². The van der Waals surface area contributed by atoms with Crippen molar-refractivity contribution in [2.75, 3.05) is 26.4 Å². The highest BCUT2D eigenvalue weighted by atomic mass is 16.7. The van der Waals surface area contributed by atoms with E-state index in [1.165, 1.54) is 48.5 Å². The second-order valence-corrected chi connectivity index (χ2v) is 8.76. The predicted molar refractivity (Wildman–Crippen MR) is 125 cm³/mol. The monoisotopic (exact) mass is 556 g/mol. The van der Waals surface area contributed by atoms with Gasteiger partial charge in [-0.1, -0.05) is 0 Å². The quantitative estimate of drug-likeness (QED) is 0.0882. The fourth-order valence-corrected chi connectivity index (χ4v) is 2.37. The molecule has 0 heterocycles. The maximum absolute atomic E-state index is 12.0. The van der Waals surface area contributed by atoms with Crippen molar-refractivity contribution < 1.29 is 72.8 Å². The lowest BCUT2D eigenvalue weighted by atomic mass is 9.92. The summed E-state index contributed by atoms with van der Waals surface area (Å²) < 4.78 is 36.7. The third-order valence-corrected chi connectivity index (χ3v) is 4.60. The van der Waals surface area contributed by atoms with Gasteiger partial charge in [0, 0.05) is 0 Å². The Bertz CT molecular complexity index is 670. The van der Waals surface area contributed by atoms with Crippen molar-refractivity contribution in [3.05, 3.63) is 0 Å². The standard InChI is InChI=1S/C23H40O15/c1-12(24)19(28)35-11-23(8-32-16(5)36-20(29)13(2)25,9-33-17(6)37-21(30)14(3)26)10-34-18(7)38-22(31)15(4)27/h12-18,24-27H,8-11H2,1-7H3. The van der Waals surface area contributed by atoms with Crippen LogP contribution < -0.4 is 0 Å². The molecule has 0 aliphatic rings. The summed E-state index contributed by atoms with van der Waals surface area (Å²) in [6.07, 6.45) is -9.31. The number of hydrogen-bond acceptors (Lipinski definition) is 15. The number of rotatable bonds is 18. The van der Waals surface area contributed by atoms with E-state index in [1.54, 1.807) is 0 Å². The van der Waals surface area contributed by atoms with Gasteiger partial charge in [0.15, 0.2) is 18.9 Å². The summed E-state index contributed by atoms with van der Waals surface area (Å²) >= 11 is 0. The third kappa shape index (κ3) is 14.5. The molecule has 0 fully saturated rings. The number of aliphatic hydroxyl groups excluding tert-OH is 4. The molecular weight excluding hydrogens is 516 g/mol. The first kappa shape index (κ1) is 35.6. The summed E-state index contributed by atoms with van der Waals surface area (Å²) in [7, 11) is 0. The molecule has 0 bridgehead atoms. The van der Waals surface area contributed by atoms with Crippen molar-refractivity contribution in [1.29, 1.82) is 0 Å². The number of ether oxygens (including phenoxy) is 7. The van der Waals surface area contributed by atoms with E-state index in [4.69, 9.17) is 33.2 Å². The zero-order valence-electron chi connectivity index (χ0n) is 22.6. The Morgan fingerprint density at radius 2 is 0.763 bits per heavy atom. The van der Waals surface area contributed by atoms with Crippen molar-refractivity contribution in [2.45, 2.75) is 91.8 Å². The second-order valence-electron chi connectivity index (χ2n) is 8.76. The van der Waals surface area contributed by atoms with Gasteiger partial charge in [0.05, 0.1) is 25.2 Å². The Morgan fingerprint density at radius 3 is 1.00 bits per heavy atom. The zero-order chi connectivity index (χ0) is 29.6. The smallest absolute Gasteiger partial charge is 0.336 e. The van der Waals surface area contributed by atoms with E-state index in [2.05, 4.69) is 0 Å². The van der Waals surface area contributed by atoms with E-state index >= 15 is 0 Å². The summed E-state index contributed by atoms with van der Waals surface area (Å²) in [5.41, 5.74) is -1.44. The van der Waals surface area contributed by atoms with Crippen molar-refractivity contribution in [3.8, 4) is 0 Å². The molecule has 0 rings (SSSR count). The lowest BCUT2D eigenvalue weighted by Crippen LogP contribution is -2.46. The van der Waals surface area contributed by atoms with Gasteiger partial charge in [-0.15, -0.1) is 0 Å². The Morgan fingerprint density at radius 1 is 0.500 bits per heavy atom. The topological polar surface area (TPSA) is 214 Å². The molecule has 7 unspecified atom stereocenters. The van der Waals surface area contributed by atoms with Gasteiger partial charge in [0.2, 0.25) is 0 Å². The minimum absolute atomic E-state index is 0.386. The highest BCUT2D eigenvalue weighted by molar-refractivity contribution is 5.74. The zero-order valence-corrected chi connectivity index (χ0v) is 22.6. The molecule has 15 nitrogen and oxygen atoms in total. The predicted octanol–water partition coefficient (Wildman–Crippen LogP) is -1.24. The average Bonchev–Trinajstić information content (AvgIpc) is 2.82. The Hall–Kier alpha value is -2.40. The van der Waals surface area contributed by atoms with Gasteiger partial charge in [0.1, 0.15) is 31.0 Å². The van der Waals surface area contributed by atoms with Crippen molar-refractivity contribution in [1.82, 2.24) is 0 Å². The minimum Gasteiger partial charge on any atom is -0.463 e. The number of carbonyl (C=O) groups is 4. The largest absolute Gasteiger partial charge is 0.463 e. The number of carbonyl (C=O) groups excluding carboxylic acids is 4. The lowest BCUT2D eigenvalue weighted by Gasteiger charge is -2.35. The van der Waals surface area contributed by atoms with Gasteiger partial charge in [-0.25, -0.2) is 19.2 Å². The van der Waals surface area contributed by atoms with Crippen molar-refractivity contribution in [2.24, 2.45) is 5.41 Å². The molecule has 0 spiro atoms. The van der Waals surface area contributed by atoms with E-state index in [1.807, 2.05) is 0 Å². The van der Waals surface area contributed by atoms with E-state index < -0.39 is 79.2 Å². The molecule has 0 aromatic rings. The molecule has 0 aliphatic heterocycles. The molecule has 0 amide bonds. The van der Waals surface area contributed by atoms with Gasteiger partial charge < -0.3 is 53.6 Å². The highest BCUT2D eigenvalue weighted by Gasteiger charge is 2.37. The number of aliphatic hydroxyl groups is 4. The molecule has 0 aliphatic carbocycles. The number of hydrogen-bond donors (Lipinski definition) is 4. The molecule has 0 saturated carbocycles. The molecule has 0 saturated heterocycles. The number of esters is 4. The first-order chi connectivity index (χ1) is 17.5. The van der Waals surface area contributed by atoms with E-state index in [9.17, 15) is 39.6 Å². The Balaban J connectivity index is 5.81.